The highest BCUT2D eigenvalue weighted by Crippen LogP contribution is 2.39. The van der Waals surface area contributed by atoms with Gasteiger partial charge in [0.25, 0.3) is 0 Å². The van der Waals surface area contributed by atoms with Crippen LogP contribution in [-0.4, -0.2) is 70.9 Å². The lowest BCUT2D eigenvalue weighted by Crippen LogP contribution is -2.51. The van der Waals surface area contributed by atoms with Crippen molar-refractivity contribution in [1.82, 2.24) is 20.2 Å². The maximum Gasteiger partial charge on any atom is 0.319 e. The van der Waals surface area contributed by atoms with Gasteiger partial charge in [0, 0.05) is 42.2 Å². The van der Waals surface area contributed by atoms with Crippen LogP contribution < -0.4 is 15.0 Å². The van der Waals surface area contributed by atoms with Crippen molar-refractivity contribution in [2.45, 2.75) is 50.7 Å². The van der Waals surface area contributed by atoms with Crippen LogP contribution in [0.1, 0.15) is 32.6 Å². The molecule has 3 saturated heterocycles. The molecule has 3 atom stereocenters. The molecule has 0 radical (unpaired) electrons. The van der Waals surface area contributed by atoms with E-state index in [1.54, 1.807) is 18.2 Å². The summed E-state index contributed by atoms with van der Waals surface area (Å²) in [5, 5.41) is 16.5. The number of phenols is 1. The molecule has 7 rings (SSSR count). The van der Waals surface area contributed by atoms with Crippen LogP contribution in [0.5, 0.6) is 11.8 Å². The summed E-state index contributed by atoms with van der Waals surface area (Å²) in [6, 6.07) is 16.1. The van der Waals surface area contributed by atoms with Crippen molar-refractivity contribution in [3.8, 4) is 22.9 Å². The van der Waals surface area contributed by atoms with Crippen LogP contribution >= 0.6 is 0 Å². The summed E-state index contributed by atoms with van der Waals surface area (Å²) in [6.45, 7) is 6.38. The van der Waals surface area contributed by atoms with Gasteiger partial charge in [-0.2, -0.15) is 9.97 Å². The Bertz CT molecular complexity index is 1530. The van der Waals surface area contributed by atoms with Gasteiger partial charge in [0.1, 0.15) is 23.7 Å². The van der Waals surface area contributed by atoms with Gasteiger partial charge in [-0.25, -0.2) is 4.39 Å². The number of nitrogens with one attached hydrogen (secondary N) is 1. The quantitative estimate of drug-likeness (QED) is 0.362. The van der Waals surface area contributed by atoms with Crippen molar-refractivity contribution >= 4 is 27.5 Å². The van der Waals surface area contributed by atoms with Crippen LogP contribution in [0.25, 0.3) is 32.8 Å². The number of hydrogen-bond acceptors (Lipinski definition) is 7. The minimum atomic E-state index is -0.425. The van der Waals surface area contributed by atoms with E-state index in [1.165, 1.54) is 0 Å². The lowest BCUT2D eigenvalue weighted by molar-refractivity contribution is 0.170. The van der Waals surface area contributed by atoms with Gasteiger partial charge in [0.05, 0.1) is 0 Å². The predicted octanol–water partition coefficient (Wildman–Crippen LogP) is 5.10. The second-order valence-electron chi connectivity index (χ2n) is 11.1. The average molecular weight is 528 g/mol. The highest BCUT2D eigenvalue weighted by Gasteiger charge is 2.34. The summed E-state index contributed by atoms with van der Waals surface area (Å²) in [6.07, 6.45) is 4.53. The van der Waals surface area contributed by atoms with E-state index in [1.807, 2.05) is 30.3 Å². The highest BCUT2D eigenvalue weighted by molar-refractivity contribution is 6.01. The summed E-state index contributed by atoms with van der Waals surface area (Å²) in [5.74, 6) is 0.410. The Kier molecular flexibility index (Phi) is 6.24. The monoisotopic (exact) mass is 527 g/mol. The fourth-order valence-electron chi connectivity index (χ4n) is 6.80. The Morgan fingerprint density at radius 2 is 1.82 bits per heavy atom. The zero-order valence-corrected chi connectivity index (χ0v) is 22.2. The number of rotatable bonds is 6. The molecule has 202 valence electrons. The van der Waals surface area contributed by atoms with Gasteiger partial charge in [0.15, 0.2) is 5.82 Å². The summed E-state index contributed by atoms with van der Waals surface area (Å²) in [4.78, 5) is 14.2. The Morgan fingerprint density at radius 3 is 2.64 bits per heavy atom. The SMILES string of the molecule is CCN1CCC[C@H]1COc1nc(N2CC3CCC(C2)N3)c2ccc(-c3cc(O)cc4ccccc34)c(F)c2n1. The van der Waals surface area contributed by atoms with Crippen molar-refractivity contribution in [1.29, 1.82) is 0 Å². The molecule has 4 aromatic rings. The average Bonchev–Trinajstić information content (AvgIpc) is 3.56. The lowest BCUT2D eigenvalue weighted by Gasteiger charge is -2.34. The first-order chi connectivity index (χ1) is 19.1. The van der Waals surface area contributed by atoms with Crippen molar-refractivity contribution < 1.29 is 14.2 Å². The Hall–Kier alpha value is -3.49. The summed E-state index contributed by atoms with van der Waals surface area (Å²) in [5.41, 5.74) is 1.29. The molecule has 39 heavy (non-hydrogen) atoms. The smallest absolute Gasteiger partial charge is 0.319 e. The zero-order valence-electron chi connectivity index (χ0n) is 22.2. The number of phenolic OH excluding ortho intramolecular Hbond substituents is 1. The van der Waals surface area contributed by atoms with Crippen LogP contribution in [0.3, 0.4) is 0 Å². The number of halogens is 1. The largest absolute Gasteiger partial charge is 0.508 e. The van der Waals surface area contributed by atoms with Gasteiger partial charge in [-0.05, 0) is 73.3 Å². The Morgan fingerprint density at radius 1 is 1.00 bits per heavy atom. The molecule has 0 saturated carbocycles. The number of ether oxygens (including phenoxy) is 1. The van der Waals surface area contributed by atoms with E-state index in [0.29, 0.717) is 41.2 Å². The van der Waals surface area contributed by atoms with E-state index >= 15 is 4.39 Å². The van der Waals surface area contributed by atoms with Crippen LogP contribution in [-0.2, 0) is 0 Å². The summed E-state index contributed by atoms with van der Waals surface area (Å²) in [7, 11) is 0. The third-order valence-electron chi connectivity index (χ3n) is 8.73. The summed E-state index contributed by atoms with van der Waals surface area (Å²) >= 11 is 0. The third kappa shape index (κ3) is 4.45. The van der Waals surface area contributed by atoms with Crippen LogP contribution in [0.4, 0.5) is 10.2 Å². The van der Waals surface area contributed by atoms with Crippen molar-refractivity contribution in [3.63, 3.8) is 0 Å². The van der Waals surface area contributed by atoms with Crippen LogP contribution in [0, 0.1) is 5.82 Å². The maximum absolute atomic E-state index is 16.5. The van der Waals surface area contributed by atoms with Gasteiger partial charge in [-0.3, -0.25) is 4.90 Å². The van der Waals surface area contributed by atoms with Gasteiger partial charge in [0.2, 0.25) is 0 Å². The number of piperazine rings is 1. The number of fused-ring (bicyclic) bond motifs is 4. The maximum atomic E-state index is 16.5. The van der Waals surface area contributed by atoms with Crippen molar-refractivity contribution in [2.75, 3.05) is 37.7 Å². The van der Waals surface area contributed by atoms with Gasteiger partial charge in [-0.15, -0.1) is 0 Å². The molecular formula is C31H34FN5O2. The number of aromatic hydroxyl groups is 1. The standard InChI is InChI=1S/C31H34FN5O2/c1-2-36-13-5-7-22(36)18-39-31-34-29-26(30(35-31)37-16-20-9-10-21(17-37)33-20)12-11-25(28(29)32)27-15-23(38)14-19-6-3-4-8-24(19)27/h3-4,6,8,11-12,14-15,20-22,33,38H,2,5,7,9-10,13,16-18H2,1H3/t20?,21?,22-/m0/s1. The second kappa shape index (κ2) is 9.92. The topological polar surface area (TPSA) is 73.8 Å². The first-order valence-electron chi connectivity index (χ1n) is 14.2. The van der Waals surface area contributed by atoms with E-state index in [9.17, 15) is 5.11 Å². The molecule has 2 unspecified atom stereocenters. The number of anilines is 1. The van der Waals surface area contributed by atoms with E-state index in [0.717, 1.165) is 68.5 Å². The number of likely N-dealkylation sites (tertiary alicyclic amines) is 1. The van der Waals surface area contributed by atoms with E-state index in [4.69, 9.17) is 9.72 Å². The number of aromatic nitrogens is 2. The summed E-state index contributed by atoms with van der Waals surface area (Å²) < 4.78 is 22.7. The number of hydrogen-bond donors (Lipinski definition) is 2. The molecule has 3 aliphatic rings. The lowest BCUT2D eigenvalue weighted by atomic mass is 9.96. The van der Waals surface area contributed by atoms with E-state index in [2.05, 4.69) is 27.0 Å². The molecule has 2 N–H and O–H groups in total. The third-order valence-corrected chi connectivity index (χ3v) is 8.73. The molecule has 3 fully saturated rings. The predicted molar refractivity (Wildman–Crippen MR) is 152 cm³/mol. The Labute approximate surface area is 227 Å². The van der Waals surface area contributed by atoms with E-state index < -0.39 is 5.82 Å². The highest BCUT2D eigenvalue weighted by atomic mass is 19.1. The zero-order chi connectivity index (χ0) is 26.5. The number of likely N-dealkylation sites (N-methyl/N-ethyl adjacent to an activating group) is 1. The second-order valence-corrected chi connectivity index (χ2v) is 11.1. The molecule has 0 amide bonds. The first kappa shape index (κ1) is 24.5. The van der Waals surface area contributed by atoms with Gasteiger partial charge in [-0.1, -0.05) is 37.3 Å². The van der Waals surface area contributed by atoms with Gasteiger partial charge < -0.3 is 20.1 Å². The van der Waals surface area contributed by atoms with Crippen molar-refractivity contribution in [2.24, 2.45) is 0 Å². The van der Waals surface area contributed by atoms with Gasteiger partial charge >= 0.3 is 6.01 Å². The molecule has 8 heteroatoms. The minimum absolute atomic E-state index is 0.101. The number of benzene rings is 3. The molecule has 1 aromatic heterocycles. The van der Waals surface area contributed by atoms with E-state index in [-0.39, 0.29) is 17.3 Å². The molecule has 3 aromatic carbocycles. The molecular weight excluding hydrogens is 493 g/mol. The normalized spacial score (nSPS) is 23.2. The fraction of sp³-hybridized carbons (Fsp3) is 0.419. The molecule has 4 heterocycles. The van der Waals surface area contributed by atoms with Crippen LogP contribution in [0.2, 0.25) is 0 Å². The molecule has 0 aliphatic carbocycles. The number of nitrogens with zero attached hydrogens (tertiary/aromatic N) is 4. The molecule has 3 aliphatic heterocycles. The Balaban J connectivity index is 1.34. The molecule has 2 bridgehead atoms. The van der Waals surface area contributed by atoms with Crippen molar-refractivity contribution in [3.05, 3.63) is 54.3 Å². The fourth-order valence-corrected chi connectivity index (χ4v) is 6.80. The first-order valence-corrected chi connectivity index (χ1v) is 14.2. The minimum Gasteiger partial charge on any atom is -0.508 e. The molecule has 7 nitrogen and oxygen atoms in total. The van der Waals surface area contributed by atoms with Crippen LogP contribution in [0.15, 0.2) is 48.5 Å². The molecule has 0 spiro atoms.